The summed E-state index contributed by atoms with van der Waals surface area (Å²) >= 11 is 0. The van der Waals surface area contributed by atoms with Crippen LogP contribution in [-0.2, 0) is 0 Å². The van der Waals surface area contributed by atoms with Crippen LogP contribution in [0.15, 0.2) is 30.4 Å². The lowest BCUT2D eigenvalue weighted by Crippen LogP contribution is -2.25. The van der Waals surface area contributed by atoms with Crippen molar-refractivity contribution in [3.8, 4) is 5.75 Å². The fraction of sp³-hybridized carbons (Fsp3) is 0.667. The average Bonchev–Trinajstić information content (AvgIpc) is 2.69. The smallest absolute Gasteiger partial charge is 0.119 e. The Morgan fingerprint density at radius 1 is 1.00 bits per heavy atom. The molecule has 2 heteroatoms. The van der Waals surface area contributed by atoms with E-state index in [9.17, 15) is 4.39 Å². The zero-order valence-corrected chi connectivity index (χ0v) is 16.6. The molecule has 2 aliphatic rings. The van der Waals surface area contributed by atoms with Crippen LogP contribution in [0.2, 0.25) is 0 Å². The van der Waals surface area contributed by atoms with Crippen LogP contribution >= 0.6 is 0 Å². The van der Waals surface area contributed by atoms with Crippen molar-refractivity contribution in [2.75, 3.05) is 13.8 Å². The predicted molar refractivity (Wildman–Crippen MR) is 108 cm³/mol. The minimum atomic E-state index is -0.220. The Morgan fingerprint density at radius 2 is 1.65 bits per heavy atom. The van der Waals surface area contributed by atoms with Crippen molar-refractivity contribution in [1.29, 1.82) is 0 Å². The summed E-state index contributed by atoms with van der Waals surface area (Å²) in [6.07, 6.45) is 15.7. The molecular weight excluding hydrogens is 323 g/mol. The number of allylic oxidation sites excluding steroid dienone is 2. The number of alkyl halides is 1. The summed E-state index contributed by atoms with van der Waals surface area (Å²) in [5.41, 5.74) is 2.92. The molecule has 0 amide bonds. The van der Waals surface area contributed by atoms with E-state index in [1.807, 2.05) is 6.08 Å². The Hall–Kier alpha value is -1.31. The highest BCUT2D eigenvalue weighted by Crippen LogP contribution is 2.45. The van der Waals surface area contributed by atoms with Crippen LogP contribution in [0.5, 0.6) is 5.75 Å². The normalized spacial score (nSPS) is 29.8. The molecule has 1 aromatic carbocycles. The van der Waals surface area contributed by atoms with Gasteiger partial charge in [0.25, 0.3) is 0 Å². The summed E-state index contributed by atoms with van der Waals surface area (Å²) in [6, 6.07) is 6.54. The van der Waals surface area contributed by atoms with Gasteiger partial charge >= 0.3 is 0 Å². The number of halogens is 1. The van der Waals surface area contributed by atoms with Gasteiger partial charge in [-0.15, -0.1) is 0 Å². The molecule has 1 nitrogen and oxygen atoms in total. The summed E-state index contributed by atoms with van der Waals surface area (Å²) in [7, 11) is 1.76. The highest BCUT2D eigenvalue weighted by atomic mass is 19.1. The maximum absolute atomic E-state index is 12.2. The minimum absolute atomic E-state index is 0.220. The van der Waals surface area contributed by atoms with Gasteiger partial charge in [0, 0.05) is 0 Å². The first kappa shape index (κ1) is 19.5. The second-order valence-electron chi connectivity index (χ2n) is 8.41. The van der Waals surface area contributed by atoms with Gasteiger partial charge in [0.2, 0.25) is 0 Å². The quantitative estimate of drug-likeness (QED) is 0.497. The fourth-order valence-electron chi connectivity index (χ4n) is 5.25. The van der Waals surface area contributed by atoms with Crippen LogP contribution in [0.3, 0.4) is 0 Å². The molecule has 0 spiro atoms. The molecule has 0 aromatic heterocycles. The van der Waals surface area contributed by atoms with Crippen molar-refractivity contribution < 1.29 is 9.13 Å². The van der Waals surface area contributed by atoms with Crippen LogP contribution < -0.4 is 4.74 Å². The van der Waals surface area contributed by atoms with Crippen molar-refractivity contribution in [3.05, 3.63) is 41.5 Å². The lowest BCUT2D eigenvalue weighted by Gasteiger charge is -2.37. The van der Waals surface area contributed by atoms with Crippen LogP contribution in [0.1, 0.15) is 74.8 Å². The summed E-state index contributed by atoms with van der Waals surface area (Å²) < 4.78 is 17.7. The Bertz CT molecular complexity index is 578. The molecule has 0 atom stereocenters. The lowest BCUT2D eigenvalue weighted by molar-refractivity contribution is 0.171. The highest BCUT2D eigenvalue weighted by Gasteiger charge is 2.31. The average molecular weight is 359 g/mol. The standard InChI is InChI=1S/C24H35FO/c1-18-6-15-23(26-2)17-24(18)22-13-11-21(12-14-22)20-9-7-19(8-10-20)5-3-4-16-25/h3,5-6,15,17,19-22H,4,7-14,16H2,1-2H3. The SMILES string of the molecule is COc1ccc(C)c(C2CCC(C3CCC(C=CCCF)CC3)CC2)c1. The summed E-state index contributed by atoms with van der Waals surface area (Å²) in [5.74, 6) is 4.25. The number of aryl methyl sites for hydroxylation is 1. The molecule has 1 aromatic rings. The molecule has 2 aliphatic carbocycles. The van der Waals surface area contributed by atoms with E-state index in [-0.39, 0.29) is 6.67 Å². The maximum Gasteiger partial charge on any atom is 0.119 e. The van der Waals surface area contributed by atoms with Crippen LogP contribution in [0.4, 0.5) is 4.39 Å². The largest absolute Gasteiger partial charge is 0.497 e. The van der Waals surface area contributed by atoms with Gasteiger partial charge in [0.05, 0.1) is 13.8 Å². The van der Waals surface area contributed by atoms with E-state index in [1.54, 1.807) is 7.11 Å². The lowest BCUT2D eigenvalue weighted by atomic mass is 9.68. The van der Waals surface area contributed by atoms with E-state index in [2.05, 4.69) is 31.2 Å². The monoisotopic (exact) mass is 358 g/mol. The molecule has 2 saturated carbocycles. The second kappa shape index (κ2) is 9.58. The topological polar surface area (TPSA) is 9.23 Å². The first-order chi connectivity index (χ1) is 12.7. The Labute approximate surface area is 159 Å². The van der Waals surface area contributed by atoms with Gasteiger partial charge in [-0.3, -0.25) is 4.39 Å². The third-order valence-corrected chi connectivity index (χ3v) is 6.87. The third-order valence-electron chi connectivity index (χ3n) is 6.87. The van der Waals surface area contributed by atoms with Crippen molar-refractivity contribution in [1.82, 2.24) is 0 Å². The third kappa shape index (κ3) is 4.90. The molecule has 0 bridgehead atoms. The van der Waals surface area contributed by atoms with Gasteiger partial charge in [-0.1, -0.05) is 18.2 Å². The first-order valence-corrected chi connectivity index (χ1v) is 10.6. The summed E-state index contributed by atoms with van der Waals surface area (Å²) in [5, 5.41) is 0. The molecule has 0 N–H and O–H groups in total. The van der Waals surface area contributed by atoms with Gasteiger partial charge in [-0.05, 0) is 112 Å². The molecule has 144 valence electrons. The summed E-state index contributed by atoms with van der Waals surface area (Å²) in [4.78, 5) is 0. The van der Waals surface area contributed by atoms with Crippen molar-refractivity contribution in [2.45, 2.75) is 70.6 Å². The number of hydrogen-bond donors (Lipinski definition) is 0. The number of methoxy groups -OCH3 is 1. The van der Waals surface area contributed by atoms with Gasteiger partial charge in [0.15, 0.2) is 0 Å². The van der Waals surface area contributed by atoms with Crippen molar-refractivity contribution in [2.24, 2.45) is 17.8 Å². The van der Waals surface area contributed by atoms with E-state index < -0.39 is 0 Å². The zero-order chi connectivity index (χ0) is 18.4. The number of rotatable bonds is 6. The van der Waals surface area contributed by atoms with E-state index in [0.29, 0.717) is 18.3 Å². The Morgan fingerprint density at radius 3 is 2.27 bits per heavy atom. The predicted octanol–water partition coefficient (Wildman–Crippen LogP) is 7.00. The molecule has 0 saturated heterocycles. The van der Waals surface area contributed by atoms with E-state index >= 15 is 0 Å². The van der Waals surface area contributed by atoms with Gasteiger partial charge in [-0.2, -0.15) is 0 Å². The molecule has 26 heavy (non-hydrogen) atoms. The second-order valence-corrected chi connectivity index (χ2v) is 8.41. The molecule has 0 radical (unpaired) electrons. The molecule has 3 rings (SSSR count). The molecule has 2 fully saturated rings. The van der Waals surface area contributed by atoms with E-state index in [4.69, 9.17) is 4.74 Å². The Balaban J connectivity index is 1.49. The molecule has 0 aliphatic heterocycles. The van der Waals surface area contributed by atoms with Gasteiger partial charge in [0.1, 0.15) is 5.75 Å². The van der Waals surface area contributed by atoms with E-state index in [0.717, 1.165) is 17.6 Å². The fourth-order valence-corrected chi connectivity index (χ4v) is 5.25. The highest BCUT2D eigenvalue weighted by molar-refractivity contribution is 5.37. The number of hydrogen-bond acceptors (Lipinski definition) is 1. The van der Waals surface area contributed by atoms with Crippen LogP contribution in [-0.4, -0.2) is 13.8 Å². The first-order valence-electron chi connectivity index (χ1n) is 10.6. The molecule has 0 heterocycles. The summed E-state index contributed by atoms with van der Waals surface area (Å²) in [6.45, 7) is 2.01. The minimum Gasteiger partial charge on any atom is -0.497 e. The van der Waals surface area contributed by atoms with E-state index in [1.165, 1.54) is 62.5 Å². The molecule has 0 unspecified atom stereocenters. The Kier molecular flexibility index (Phi) is 7.16. The molecular formula is C24H35FO. The number of ether oxygens (including phenoxy) is 1. The van der Waals surface area contributed by atoms with Crippen LogP contribution in [0, 0.1) is 24.7 Å². The van der Waals surface area contributed by atoms with Crippen LogP contribution in [0.25, 0.3) is 0 Å². The number of benzene rings is 1. The zero-order valence-electron chi connectivity index (χ0n) is 16.6. The van der Waals surface area contributed by atoms with Gasteiger partial charge in [-0.25, -0.2) is 0 Å². The maximum atomic E-state index is 12.2. The van der Waals surface area contributed by atoms with Crippen molar-refractivity contribution >= 4 is 0 Å². The van der Waals surface area contributed by atoms with Gasteiger partial charge < -0.3 is 4.74 Å². The van der Waals surface area contributed by atoms with Crippen molar-refractivity contribution in [3.63, 3.8) is 0 Å².